The zero-order valence-corrected chi connectivity index (χ0v) is 19.3. The Bertz CT molecular complexity index is 1030. The van der Waals surface area contributed by atoms with E-state index in [-0.39, 0.29) is 12.5 Å². The average Bonchev–Trinajstić information content (AvgIpc) is 2.84. The molecule has 0 radical (unpaired) electrons. The highest BCUT2D eigenvalue weighted by Crippen LogP contribution is 2.31. The van der Waals surface area contributed by atoms with Gasteiger partial charge < -0.3 is 19.3 Å². The van der Waals surface area contributed by atoms with Crippen molar-refractivity contribution in [3.05, 3.63) is 59.7 Å². The van der Waals surface area contributed by atoms with E-state index in [0.29, 0.717) is 19.0 Å². The van der Waals surface area contributed by atoms with Gasteiger partial charge in [0.25, 0.3) is 0 Å². The Hall–Kier alpha value is -3.55. The molecular formula is C25H30N4O4. The van der Waals surface area contributed by atoms with Crippen LogP contribution in [-0.4, -0.2) is 62.6 Å². The number of ether oxygens (including phenoxy) is 2. The molecule has 2 atom stereocenters. The average molecular weight is 451 g/mol. The van der Waals surface area contributed by atoms with Gasteiger partial charge in [-0.15, -0.1) is 0 Å². The highest BCUT2D eigenvalue weighted by atomic mass is 16.5. The maximum absolute atomic E-state index is 13.0. The number of nitrogens with zero attached hydrogens (tertiary/aromatic N) is 3. The van der Waals surface area contributed by atoms with E-state index in [0.717, 1.165) is 35.7 Å². The molecule has 1 fully saturated rings. The van der Waals surface area contributed by atoms with E-state index >= 15 is 0 Å². The molecule has 2 heterocycles. The lowest BCUT2D eigenvalue weighted by atomic mass is 9.91. The van der Waals surface area contributed by atoms with E-state index in [1.807, 2.05) is 49.4 Å². The lowest BCUT2D eigenvalue weighted by molar-refractivity contribution is -0.153. The number of carbonyl (C=O) groups is 2. The number of esters is 1. The number of anilines is 1. The van der Waals surface area contributed by atoms with E-state index in [2.05, 4.69) is 21.2 Å². The normalized spacial score (nSPS) is 20.7. The highest BCUT2D eigenvalue weighted by molar-refractivity contribution is 6.08. The van der Waals surface area contributed by atoms with Crippen LogP contribution in [0.25, 0.3) is 0 Å². The number of carbonyl (C=O) groups excluding carboxylic acids is 2. The van der Waals surface area contributed by atoms with E-state index in [4.69, 9.17) is 14.5 Å². The van der Waals surface area contributed by atoms with Crippen molar-refractivity contribution in [2.24, 2.45) is 10.9 Å². The Morgan fingerprint density at radius 1 is 1.09 bits per heavy atom. The molecule has 0 unspecified atom stereocenters. The summed E-state index contributed by atoms with van der Waals surface area (Å²) < 4.78 is 10.5. The molecule has 8 nitrogen and oxygen atoms in total. The van der Waals surface area contributed by atoms with Crippen molar-refractivity contribution in [3.63, 3.8) is 0 Å². The van der Waals surface area contributed by atoms with Gasteiger partial charge in [-0.05, 0) is 31.5 Å². The Balaban J connectivity index is 1.54. The largest absolute Gasteiger partial charge is 0.497 e. The summed E-state index contributed by atoms with van der Waals surface area (Å²) in [5, 5.41) is 2.86. The monoisotopic (exact) mass is 450 g/mol. The molecule has 174 valence electrons. The second kappa shape index (κ2) is 9.94. The second-order valence-electron chi connectivity index (χ2n) is 8.20. The molecule has 0 aliphatic carbocycles. The van der Waals surface area contributed by atoms with Gasteiger partial charge in [0.15, 0.2) is 5.92 Å². The van der Waals surface area contributed by atoms with Crippen LogP contribution >= 0.6 is 0 Å². The molecule has 8 heteroatoms. The van der Waals surface area contributed by atoms with Gasteiger partial charge in [0.1, 0.15) is 11.8 Å². The first-order chi connectivity index (χ1) is 16.0. The molecule has 0 saturated carbocycles. The summed E-state index contributed by atoms with van der Waals surface area (Å²) in [6, 6.07) is 15.1. The van der Waals surface area contributed by atoms with E-state index in [9.17, 15) is 9.59 Å². The summed E-state index contributed by atoms with van der Waals surface area (Å²) in [5.41, 5.74) is 3.02. The third kappa shape index (κ3) is 4.94. The number of aliphatic imine (C=N–C) groups is 1. The summed E-state index contributed by atoms with van der Waals surface area (Å²) in [4.78, 5) is 34.8. The van der Waals surface area contributed by atoms with Crippen LogP contribution in [0.2, 0.25) is 0 Å². The number of aryl methyl sites for hydroxylation is 1. The number of benzene rings is 2. The topological polar surface area (TPSA) is 83.5 Å². The van der Waals surface area contributed by atoms with Gasteiger partial charge in [-0.3, -0.25) is 14.9 Å². The van der Waals surface area contributed by atoms with Crippen LogP contribution in [0.15, 0.2) is 53.5 Å². The van der Waals surface area contributed by atoms with Crippen molar-refractivity contribution >= 4 is 23.5 Å². The third-order valence-corrected chi connectivity index (χ3v) is 6.05. The van der Waals surface area contributed by atoms with Crippen LogP contribution < -0.4 is 15.0 Å². The summed E-state index contributed by atoms with van der Waals surface area (Å²) in [6.07, 6.45) is 0. The second-order valence-corrected chi connectivity index (χ2v) is 8.20. The first-order valence-corrected chi connectivity index (χ1v) is 11.3. The Labute approximate surface area is 194 Å². The summed E-state index contributed by atoms with van der Waals surface area (Å²) >= 11 is 0. The van der Waals surface area contributed by atoms with Crippen molar-refractivity contribution < 1.29 is 19.1 Å². The predicted octanol–water partition coefficient (Wildman–Crippen LogP) is 2.53. The van der Waals surface area contributed by atoms with Gasteiger partial charge >= 0.3 is 5.97 Å². The summed E-state index contributed by atoms with van der Waals surface area (Å²) in [5.74, 6) is -0.596. The minimum atomic E-state index is -1.01. The summed E-state index contributed by atoms with van der Waals surface area (Å²) in [7, 11) is 1.66. The van der Waals surface area contributed by atoms with Crippen molar-refractivity contribution in [3.8, 4) is 5.75 Å². The molecule has 33 heavy (non-hydrogen) atoms. The van der Waals surface area contributed by atoms with Gasteiger partial charge in [-0.1, -0.05) is 35.9 Å². The molecule has 1 amide bonds. The lowest BCUT2D eigenvalue weighted by Gasteiger charge is -2.39. The lowest BCUT2D eigenvalue weighted by Crippen LogP contribution is -2.57. The Morgan fingerprint density at radius 2 is 1.79 bits per heavy atom. The summed E-state index contributed by atoms with van der Waals surface area (Å²) in [6.45, 7) is 6.89. The van der Waals surface area contributed by atoms with Gasteiger partial charge in [0.05, 0.1) is 13.7 Å². The molecular weight excluding hydrogens is 420 g/mol. The van der Waals surface area contributed by atoms with Crippen LogP contribution in [0.3, 0.4) is 0 Å². The van der Waals surface area contributed by atoms with Crippen LogP contribution in [0.1, 0.15) is 24.1 Å². The number of amides is 1. The molecule has 1 N–H and O–H groups in total. The van der Waals surface area contributed by atoms with E-state index in [1.54, 1.807) is 14.0 Å². The number of hydrogen-bond donors (Lipinski definition) is 1. The SMILES string of the molecule is CCOC(=O)[C@H]1C(=O)NC(N2CCN(c3cccc(OC)c3)CC2)=N[C@H]1c1ccc(C)cc1. The highest BCUT2D eigenvalue weighted by Gasteiger charge is 2.42. The first-order valence-electron chi connectivity index (χ1n) is 11.3. The number of piperazine rings is 1. The maximum Gasteiger partial charge on any atom is 0.321 e. The standard InChI is InChI=1S/C25H30N4O4/c1-4-33-24(31)21-22(18-10-8-17(2)9-11-18)26-25(27-23(21)30)29-14-12-28(13-15-29)19-6-5-7-20(16-19)32-3/h5-11,16,21-22H,4,12-15H2,1-3H3,(H,26,27,30)/t21-,22+/m1/s1. The smallest absolute Gasteiger partial charge is 0.321 e. The number of methoxy groups -OCH3 is 1. The maximum atomic E-state index is 13.0. The first kappa shape index (κ1) is 22.6. The minimum absolute atomic E-state index is 0.214. The number of nitrogens with one attached hydrogen (secondary N) is 1. The molecule has 2 aliphatic heterocycles. The van der Waals surface area contributed by atoms with Crippen molar-refractivity contribution in [1.29, 1.82) is 0 Å². The Kier molecular flexibility index (Phi) is 6.82. The van der Waals surface area contributed by atoms with Gasteiger partial charge in [0, 0.05) is 37.9 Å². The number of rotatable bonds is 5. The number of guanidine groups is 1. The zero-order chi connectivity index (χ0) is 23.4. The molecule has 2 aromatic carbocycles. The van der Waals surface area contributed by atoms with Gasteiger partial charge in [-0.25, -0.2) is 4.99 Å². The molecule has 0 aromatic heterocycles. The molecule has 2 aromatic rings. The zero-order valence-electron chi connectivity index (χ0n) is 19.3. The fourth-order valence-corrected chi connectivity index (χ4v) is 4.21. The molecule has 1 saturated heterocycles. The Morgan fingerprint density at radius 3 is 2.45 bits per heavy atom. The van der Waals surface area contributed by atoms with E-state index < -0.39 is 17.9 Å². The third-order valence-electron chi connectivity index (χ3n) is 6.05. The molecule has 4 rings (SSSR count). The van der Waals surface area contributed by atoms with Crippen molar-refractivity contribution in [2.75, 3.05) is 44.8 Å². The molecule has 2 aliphatic rings. The fraction of sp³-hybridized carbons (Fsp3) is 0.400. The van der Waals surface area contributed by atoms with Crippen molar-refractivity contribution in [1.82, 2.24) is 10.2 Å². The van der Waals surface area contributed by atoms with Crippen LogP contribution in [0.5, 0.6) is 5.75 Å². The quantitative estimate of drug-likeness (QED) is 0.557. The van der Waals surface area contributed by atoms with Gasteiger partial charge in [-0.2, -0.15) is 0 Å². The molecule has 0 spiro atoms. The number of hydrogen-bond acceptors (Lipinski definition) is 7. The van der Waals surface area contributed by atoms with Crippen molar-refractivity contribution in [2.45, 2.75) is 19.9 Å². The molecule has 0 bridgehead atoms. The van der Waals surface area contributed by atoms with Gasteiger partial charge in [0.2, 0.25) is 11.9 Å². The van der Waals surface area contributed by atoms with Crippen LogP contribution in [0.4, 0.5) is 5.69 Å². The predicted molar refractivity (Wildman–Crippen MR) is 126 cm³/mol. The van der Waals surface area contributed by atoms with E-state index in [1.165, 1.54) is 0 Å². The minimum Gasteiger partial charge on any atom is -0.497 e. The van der Waals surface area contributed by atoms with Crippen LogP contribution in [0, 0.1) is 12.8 Å². The fourth-order valence-electron chi connectivity index (χ4n) is 4.21. The van der Waals surface area contributed by atoms with Crippen LogP contribution in [-0.2, 0) is 14.3 Å².